The number of hydrogen-bond acceptors (Lipinski definition) is 3. The highest BCUT2D eigenvalue weighted by molar-refractivity contribution is 4.93. The molecule has 0 aliphatic heterocycles. The molecule has 0 aliphatic carbocycles. The van der Waals surface area contributed by atoms with Crippen LogP contribution in [0, 0.1) is 6.92 Å². The van der Waals surface area contributed by atoms with Crippen molar-refractivity contribution in [3.8, 4) is 0 Å². The largest absolute Gasteiger partial charge is 0.308 e. The molecule has 1 heterocycles. The molecular formula is C6H9N3O. The van der Waals surface area contributed by atoms with Gasteiger partial charge >= 0.3 is 0 Å². The zero-order valence-electron chi connectivity index (χ0n) is 6.01. The summed E-state index contributed by atoms with van der Waals surface area (Å²) in [6.45, 7) is 3.57. The maximum absolute atomic E-state index is 10.9. The Balaban J connectivity index is 3.20. The summed E-state index contributed by atoms with van der Waals surface area (Å²) < 4.78 is 0. The summed E-state index contributed by atoms with van der Waals surface area (Å²) in [5, 5.41) is 7.41. The maximum Gasteiger partial charge on any atom is 0.272 e. The molecule has 0 unspecified atom stereocenters. The Morgan fingerprint density at radius 2 is 2.20 bits per heavy atom. The third-order valence-electron chi connectivity index (χ3n) is 1.21. The molecule has 1 aromatic rings. The third-order valence-corrected chi connectivity index (χ3v) is 1.21. The van der Waals surface area contributed by atoms with Crippen LogP contribution in [0.2, 0.25) is 0 Å². The van der Waals surface area contributed by atoms with Crippen molar-refractivity contribution in [1.82, 2.24) is 15.2 Å². The van der Waals surface area contributed by atoms with Gasteiger partial charge in [0.05, 0.1) is 0 Å². The van der Waals surface area contributed by atoms with E-state index in [0.29, 0.717) is 17.9 Å². The molecule has 1 N–H and O–H groups in total. The number of aromatic nitrogens is 3. The quantitative estimate of drug-likeness (QED) is 0.597. The lowest BCUT2D eigenvalue weighted by atomic mass is 10.4. The monoisotopic (exact) mass is 139 g/mol. The van der Waals surface area contributed by atoms with Gasteiger partial charge in [-0.3, -0.25) is 4.79 Å². The lowest BCUT2D eigenvalue weighted by Crippen LogP contribution is -2.16. The van der Waals surface area contributed by atoms with Crippen molar-refractivity contribution in [3.05, 3.63) is 21.9 Å². The number of rotatable bonds is 1. The van der Waals surface area contributed by atoms with E-state index in [0.717, 1.165) is 0 Å². The van der Waals surface area contributed by atoms with Crippen LogP contribution in [-0.2, 0) is 6.42 Å². The van der Waals surface area contributed by atoms with Crippen LogP contribution in [-0.4, -0.2) is 15.2 Å². The predicted molar refractivity (Wildman–Crippen MR) is 36.8 cm³/mol. The second-order valence-corrected chi connectivity index (χ2v) is 2.04. The average Bonchev–Trinajstić information content (AvgIpc) is 1.88. The standard InChI is InChI=1S/C6H9N3O/c1-3-5-6(10)7-4(2)8-9-5/h3H2,1-2H3,(H,7,8,10). The first-order chi connectivity index (χ1) is 4.74. The van der Waals surface area contributed by atoms with E-state index in [-0.39, 0.29) is 5.56 Å². The van der Waals surface area contributed by atoms with Crippen molar-refractivity contribution in [2.75, 3.05) is 0 Å². The van der Waals surface area contributed by atoms with Gasteiger partial charge in [0, 0.05) is 0 Å². The van der Waals surface area contributed by atoms with Crippen LogP contribution in [0.15, 0.2) is 4.79 Å². The first-order valence-electron chi connectivity index (χ1n) is 3.16. The van der Waals surface area contributed by atoms with Gasteiger partial charge in [-0.25, -0.2) is 0 Å². The van der Waals surface area contributed by atoms with Crippen LogP contribution in [0.25, 0.3) is 0 Å². The van der Waals surface area contributed by atoms with Gasteiger partial charge in [-0.05, 0) is 13.3 Å². The molecule has 0 saturated carbocycles. The molecule has 4 nitrogen and oxygen atoms in total. The molecule has 10 heavy (non-hydrogen) atoms. The van der Waals surface area contributed by atoms with Gasteiger partial charge in [0.25, 0.3) is 5.56 Å². The summed E-state index contributed by atoms with van der Waals surface area (Å²) in [4.78, 5) is 13.5. The minimum absolute atomic E-state index is 0.130. The molecular weight excluding hydrogens is 130 g/mol. The van der Waals surface area contributed by atoms with E-state index in [9.17, 15) is 4.79 Å². The number of nitrogens with one attached hydrogen (secondary N) is 1. The molecule has 0 aromatic carbocycles. The SMILES string of the molecule is CCc1nnc(C)[nH]c1=O. The summed E-state index contributed by atoms with van der Waals surface area (Å²) in [6.07, 6.45) is 0.628. The minimum atomic E-state index is -0.130. The molecule has 4 heteroatoms. The lowest BCUT2D eigenvalue weighted by molar-refractivity contribution is 0.816. The fraction of sp³-hybridized carbons (Fsp3) is 0.500. The maximum atomic E-state index is 10.9. The van der Waals surface area contributed by atoms with E-state index in [4.69, 9.17) is 0 Å². The van der Waals surface area contributed by atoms with Gasteiger partial charge in [0.15, 0.2) is 0 Å². The Morgan fingerprint density at radius 1 is 1.50 bits per heavy atom. The van der Waals surface area contributed by atoms with Gasteiger partial charge in [-0.15, -0.1) is 10.2 Å². The molecule has 1 rings (SSSR count). The highest BCUT2D eigenvalue weighted by atomic mass is 16.1. The highest BCUT2D eigenvalue weighted by Gasteiger charge is 1.97. The van der Waals surface area contributed by atoms with Gasteiger partial charge in [-0.1, -0.05) is 6.92 Å². The Labute approximate surface area is 58.3 Å². The fourth-order valence-electron chi connectivity index (χ4n) is 0.673. The normalized spacial score (nSPS) is 9.80. The zero-order valence-corrected chi connectivity index (χ0v) is 6.01. The van der Waals surface area contributed by atoms with Crippen molar-refractivity contribution >= 4 is 0 Å². The van der Waals surface area contributed by atoms with Crippen LogP contribution in [0.4, 0.5) is 0 Å². The smallest absolute Gasteiger partial charge is 0.272 e. The Kier molecular flexibility index (Phi) is 1.80. The van der Waals surface area contributed by atoms with E-state index < -0.39 is 0 Å². The summed E-state index contributed by atoms with van der Waals surface area (Å²) in [5.74, 6) is 0.558. The summed E-state index contributed by atoms with van der Waals surface area (Å²) in [5.41, 5.74) is 0.362. The second-order valence-electron chi connectivity index (χ2n) is 2.04. The van der Waals surface area contributed by atoms with Crippen LogP contribution < -0.4 is 5.56 Å². The van der Waals surface area contributed by atoms with Crippen molar-refractivity contribution < 1.29 is 0 Å². The van der Waals surface area contributed by atoms with E-state index in [1.54, 1.807) is 6.92 Å². The van der Waals surface area contributed by atoms with Crippen molar-refractivity contribution in [2.45, 2.75) is 20.3 Å². The van der Waals surface area contributed by atoms with Crippen LogP contribution in [0.1, 0.15) is 18.4 Å². The van der Waals surface area contributed by atoms with E-state index >= 15 is 0 Å². The topological polar surface area (TPSA) is 58.6 Å². The van der Waals surface area contributed by atoms with Crippen LogP contribution in [0.5, 0.6) is 0 Å². The molecule has 0 bridgehead atoms. The van der Waals surface area contributed by atoms with Gasteiger partial charge in [0.1, 0.15) is 11.5 Å². The molecule has 54 valence electrons. The number of aromatic amines is 1. The summed E-state index contributed by atoms with van der Waals surface area (Å²) in [6, 6.07) is 0. The molecule has 1 aromatic heterocycles. The molecule has 0 radical (unpaired) electrons. The average molecular weight is 139 g/mol. The Bertz CT molecular complexity index is 279. The Hall–Kier alpha value is -1.19. The number of hydrogen-bond donors (Lipinski definition) is 1. The molecule has 0 aliphatic rings. The molecule has 0 atom stereocenters. The summed E-state index contributed by atoms with van der Waals surface area (Å²) >= 11 is 0. The summed E-state index contributed by atoms with van der Waals surface area (Å²) in [7, 11) is 0. The van der Waals surface area contributed by atoms with Crippen molar-refractivity contribution in [3.63, 3.8) is 0 Å². The lowest BCUT2D eigenvalue weighted by Gasteiger charge is -1.92. The molecule has 0 amide bonds. The Morgan fingerprint density at radius 3 is 2.70 bits per heavy atom. The van der Waals surface area contributed by atoms with E-state index in [2.05, 4.69) is 15.2 Å². The van der Waals surface area contributed by atoms with Gasteiger partial charge < -0.3 is 4.98 Å². The van der Waals surface area contributed by atoms with Crippen molar-refractivity contribution in [2.24, 2.45) is 0 Å². The molecule has 0 fully saturated rings. The first kappa shape index (κ1) is 6.92. The molecule has 0 spiro atoms. The van der Waals surface area contributed by atoms with Gasteiger partial charge in [-0.2, -0.15) is 0 Å². The predicted octanol–water partition coefficient (Wildman–Crippen LogP) is 0.0357. The van der Waals surface area contributed by atoms with Crippen molar-refractivity contribution in [1.29, 1.82) is 0 Å². The number of H-pyrrole nitrogens is 1. The van der Waals surface area contributed by atoms with E-state index in [1.165, 1.54) is 0 Å². The second kappa shape index (κ2) is 2.60. The number of nitrogens with zero attached hydrogens (tertiary/aromatic N) is 2. The number of aryl methyl sites for hydroxylation is 2. The van der Waals surface area contributed by atoms with E-state index in [1.807, 2.05) is 6.92 Å². The minimum Gasteiger partial charge on any atom is -0.308 e. The first-order valence-corrected chi connectivity index (χ1v) is 3.16. The van der Waals surface area contributed by atoms with Gasteiger partial charge in [0.2, 0.25) is 0 Å². The highest BCUT2D eigenvalue weighted by Crippen LogP contribution is 1.82. The van der Waals surface area contributed by atoms with Crippen LogP contribution in [0.3, 0.4) is 0 Å². The van der Waals surface area contributed by atoms with Crippen LogP contribution >= 0.6 is 0 Å². The molecule has 0 saturated heterocycles. The fourth-order valence-corrected chi connectivity index (χ4v) is 0.673. The third kappa shape index (κ3) is 1.21. The zero-order chi connectivity index (χ0) is 7.56.